The van der Waals surface area contributed by atoms with E-state index < -0.39 is 5.97 Å². The van der Waals surface area contributed by atoms with Crippen LogP contribution in [0.4, 0.5) is 0 Å². The molecule has 3 heteroatoms. The third kappa shape index (κ3) is 5.41. The molecule has 0 amide bonds. The third-order valence-electron chi connectivity index (χ3n) is 1.30. The molecule has 1 aromatic rings. The first kappa shape index (κ1) is 10.6. The third-order valence-corrected chi connectivity index (χ3v) is 1.30. The van der Waals surface area contributed by atoms with Crippen LogP contribution in [-0.4, -0.2) is 16.1 Å². The highest BCUT2D eigenvalue weighted by Gasteiger charge is 1.84. The minimum Gasteiger partial charge on any atom is -0.481 e. The number of aliphatic carboxylic acids is 1. The van der Waals surface area contributed by atoms with Crippen molar-refractivity contribution in [3.8, 4) is 0 Å². The van der Waals surface area contributed by atoms with E-state index in [0.29, 0.717) is 0 Å². The normalized spacial score (nSPS) is 8.25. The number of aromatic nitrogens is 1. The van der Waals surface area contributed by atoms with Crippen LogP contribution < -0.4 is 0 Å². The Kier molecular flexibility index (Phi) is 4.69. The summed E-state index contributed by atoms with van der Waals surface area (Å²) in [6.45, 7) is 5.22. The van der Waals surface area contributed by atoms with Gasteiger partial charge in [-0.2, -0.15) is 0 Å². The number of hydrogen-bond donors (Lipinski definition) is 1. The lowest BCUT2D eigenvalue weighted by Crippen LogP contribution is -1.78. The first-order valence-corrected chi connectivity index (χ1v) is 3.60. The Morgan fingerprint density at radius 3 is 2.17 bits per heavy atom. The number of carbonyl (C=O) groups is 1. The number of pyridine rings is 1. The first-order chi connectivity index (χ1) is 5.54. The van der Waals surface area contributed by atoms with Gasteiger partial charge >= 0.3 is 0 Å². The molecule has 1 N–H and O–H groups in total. The number of rotatable bonds is 0. The van der Waals surface area contributed by atoms with Gasteiger partial charge in [0.15, 0.2) is 0 Å². The van der Waals surface area contributed by atoms with Gasteiger partial charge in [-0.1, -0.05) is 0 Å². The number of nitrogens with zero attached hydrogens (tertiary/aromatic N) is 1. The van der Waals surface area contributed by atoms with E-state index in [4.69, 9.17) is 9.90 Å². The van der Waals surface area contributed by atoms with Crippen molar-refractivity contribution in [3.63, 3.8) is 0 Å². The maximum absolute atomic E-state index is 9.00. The van der Waals surface area contributed by atoms with E-state index in [2.05, 4.69) is 18.8 Å². The molecule has 3 nitrogen and oxygen atoms in total. The van der Waals surface area contributed by atoms with E-state index in [1.165, 1.54) is 11.1 Å². The lowest BCUT2D eigenvalue weighted by Gasteiger charge is -1.92. The highest BCUT2D eigenvalue weighted by Crippen LogP contribution is 2.00. The zero-order chi connectivity index (χ0) is 9.56. The zero-order valence-electron chi connectivity index (χ0n) is 7.53. The molecule has 0 aliphatic heterocycles. The minimum absolute atomic E-state index is 0.833. The highest BCUT2D eigenvalue weighted by atomic mass is 16.4. The fourth-order valence-corrected chi connectivity index (χ4v) is 0.543. The van der Waals surface area contributed by atoms with Gasteiger partial charge in [0.2, 0.25) is 0 Å². The molecule has 0 unspecified atom stereocenters. The summed E-state index contributed by atoms with van der Waals surface area (Å²) in [5.41, 5.74) is 2.56. The fraction of sp³-hybridized carbons (Fsp3) is 0.333. The number of aryl methyl sites for hydroxylation is 2. The molecule has 0 saturated carbocycles. The van der Waals surface area contributed by atoms with E-state index in [1.807, 2.05) is 18.5 Å². The Morgan fingerprint density at radius 1 is 1.42 bits per heavy atom. The van der Waals surface area contributed by atoms with Crippen LogP contribution in [0.5, 0.6) is 0 Å². The molecule has 0 fully saturated rings. The second kappa shape index (κ2) is 5.29. The quantitative estimate of drug-likeness (QED) is 0.640. The van der Waals surface area contributed by atoms with Gasteiger partial charge in [0.25, 0.3) is 5.97 Å². The van der Waals surface area contributed by atoms with Crippen LogP contribution >= 0.6 is 0 Å². The summed E-state index contributed by atoms with van der Waals surface area (Å²) in [5.74, 6) is -0.833. The van der Waals surface area contributed by atoms with Gasteiger partial charge < -0.3 is 5.11 Å². The largest absolute Gasteiger partial charge is 0.481 e. The van der Waals surface area contributed by atoms with Gasteiger partial charge in [0.1, 0.15) is 0 Å². The lowest BCUT2D eigenvalue weighted by molar-refractivity contribution is -0.134. The molecular formula is C9H13NO2. The Balaban J connectivity index is 0.000000261. The smallest absolute Gasteiger partial charge is 0.300 e. The Morgan fingerprint density at radius 2 is 1.92 bits per heavy atom. The summed E-state index contributed by atoms with van der Waals surface area (Å²) in [6.07, 6.45) is 3.68. The molecule has 1 rings (SSSR count). The van der Waals surface area contributed by atoms with Gasteiger partial charge in [0, 0.05) is 19.3 Å². The lowest BCUT2D eigenvalue weighted by atomic mass is 10.2. The molecule has 1 aromatic heterocycles. The van der Waals surface area contributed by atoms with Crippen LogP contribution in [0.3, 0.4) is 0 Å². The predicted octanol–water partition coefficient (Wildman–Crippen LogP) is 1.79. The van der Waals surface area contributed by atoms with E-state index in [1.54, 1.807) is 0 Å². The molecule has 0 saturated heterocycles. The monoisotopic (exact) mass is 167 g/mol. The molecule has 12 heavy (non-hydrogen) atoms. The van der Waals surface area contributed by atoms with Gasteiger partial charge in [0.05, 0.1) is 0 Å². The maximum Gasteiger partial charge on any atom is 0.300 e. The predicted molar refractivity (Wildman–Crippen MR) is 47.0 cm³/mol. The van der Waals surface area contributed by atoms with E-state index >= 15 is 0 Å². The molecule has 0 spiro atoms. The SMILES string of the molecule is CC(=O)O.Cc1ccncc1C. The fourth-order valence-electron chi connectivity index (χ4n) is 0.543. The average Bonchev–Trinajstić information content (AvgIpc) is 1.94. The van der Waals surface area contributed by atoms with Gasteiger partial charge in [-0.05, 0) is 31.0 Å². The van der Waals surface area contributed by atoms with Gasteiger partial charge in [-0.3, -0.25) is 9.78 Å². The van der Waals surface area contributed by atoms with Crippen molar-refractivity contribution in [2.45, 2.75) is 20.8 Å². The molecule has 0 atom stereocenters. The summed E-state index contributed by atoms with van der Waals surface area (Å²) in [7, 11) is 0. The van der Waals surface area contributed by atoms with Crippen molar-refractivity contribution in [1.82, 2.24) is 4.98 Å². The van der Waals surface area contributed by atoms with Crippen LogP contribution in [0, 0.1) is 13.8 Å². The van der Waals surface area contributed by atoms with Crippen LogP contribution in [-0.2, 0) is 4.79 Å². The standard InChI is InChI=1S/C7H9N.C2H4O2/c1-6-3-4-8-5-7(6)2;1-2(3)4/h3-5H,1-2H3;1H3,(H,3,4). The van der Waals surface area contributed by atoms with Crippen molar-refractivity contribution in [3.05, 3.63) is 29.6 Å². The van der Waals surface area contributed by atoms with Gasteiger partial charge in [-0.15, -0.1) is 0 Å². The Labute approximate surface area is 72.1 Å². The van der Waals surface area contributed by atoms with E-state index in [0.717, 1.165) is 6.92 Å². The average molecular weight is 167 g/mol. The molecule has 66 valence electrons. The molecule has 0 radical (unpaired) electrons. The molecule has 0 aliphatic carbocycles. The van der Waals surface area contributed by atoms with Crippen LogP contribution in [0.25, 0.3) is 0 Å². The number of hydrogen-bond acceptors (Lipinski definition) is 2. The second-order valence-corrected chi connectivity index (χ2v) is 2.48. The van der Waals surface area contributed by atoms with Crippen LogP contribution in [0.15, 0.2) is 18.5 Å². The highest BCUT2D eigenvalue weighted by molar-refractivity contribution is 5.62. The summed E-state index contributed by atoms with van der Waals surface area (Å²) >= 11 is 0. The molecular weight excluding hydrogens is 154 g/mol. The van der Waals surface area contributed by atoms with Crippen molar-refractivity contribution < 1.29 is 9.90 Å². The summed E-state index contributed by atoms with van der Waals surface area (Å²) in [5, 5.41) is 7.42. The number of carboxylic acid groups (broad SMARTS) is 1. The summed E-state index contributed by atoms with van der Waals surface area (Å²) < 4.78 is 0. The van der Waals surface area contributed by atoms with E-state index in [9.17, 15) is 0 Å². The van der Waals surface area contributed by atoms with Crippen LogP contribution in [0.2, 0.25) is 0 Å². The molecule has 0 aliphatic rings. The first-order valence-electron chi connectivity index (χ1n) is 3.60. The molecule has 0 bridgehead atoms. The topological polar surface area (TPSA) is 50.2 Å². The zero-order valence-corrected chi connectivity index (χ0v) is 7.53. The van der Waals surface area contributed by atoms with Crippen LogP contribution in [0.1, 0.15) is 18.1 Å². The molecule has 0 aromatic carbocycles. The maximum atomic E-state index is 9.00. The Bertz CT molecular complexity index is 233. The minimum atomic E-state index is -0.833. The number of carboxylic acids is 1. The second-order valence-electron chi connectivity index (χ2n) is 2.48. The Hall–Kier alpha value is -1.38. The molecule has 1 heterocycles. The van der Waals surface area contributed by atoms with Crippen molar-refractivity contribution in [2.24, 2.45) is 0 Å². The van der Waals surface area contributed by atoms with Crippen molar-refractivity contribution in [2.75, 3.05) is 0 Å². The van der Waals surface area contributed by atoms with Gasteiger partial charge in [-0.25, -0.2) is 0 Å². The van der Waals surface area contributed by atoms with Crippen molar-refractivity contribution >= 4 is 5.97 Å². The van der Waals surface area contributed by atoms with E-state index in [-0.39, 0.29) is 0 Å². The summed E-state index contributed by atoms with van der Waals surface area (Å²) in [4.78, 5) is 12.9. The van der Waals surface area contributed by atoms with Crippen molar-refractivity contribution in [1.29, 1.82) is 0 Å². The summed E-state index contributed by atoms with van der Waals surface area (Å²) in [6, 6.07) is 2.01.